The fraction of sp³-hybridized carbons (Fsp3) is 0.438. The van der Waals surface area contributed by atoms with Crippen molar-refractivity contribution in [2.24, 2.45) is 0 Å². The maximum atomic E-state index is 9.76. The first-order valence-corrected chi connectivity index (χ1v) is 7.47. The molecule has 1 atom stereocenters. The summed E-state index contributed by atoms with van der Waals surface area (Å²) in [6.45, 7) is 4.47. The molecule has 3 nitrogen and oxygen atoms in total. The minimum absolute atomic E-state index is 0.218. The number of piperidine rings is 1. The van der Waals surface area contributed by atoms with Crippen molar-refractivity contribution in [1.82, 2.24) is 9.88 Å². The third-order valence-electron chi connectivity index (χ3n) is 4.00. The van der Waals surface area contributed by atoms with Crippen molar-refractivity contribution in [3.05, 3.63) is 40.5 Å². The van der Waals surface area contributed by atoms with Crippen molar-refractivity contribution >= 4 is 22.5 Å². The van der Waals surface area contributed by atoms with Gasteiger partial charge in [0.2, 0.25) is 0 Å². The number of nitrogens with zero attached hydrogens (tertiary/aromatic N) is 2. The third kappa shape index (κ3) is 2.66. The van der Waals surface area contributed by atoms with Gasteiger partial charge in [-0.3, -0.25) is 4.90 Å². The average molecular weight is 291 g/mol. The molecule has 0 aliphatic carbocycles. The standard InChI is InChI=1S/C16H19ClN2O/c1-11-13-6-2-3-7-14(13)18-15(16(11)17)10-19-8-4-5-12(20)9-19/h2-3,6-7,12,20H,4-5,8-10H2,1H3. The first-order valence-electron chi connectivity index (χ1n) is 7.09. The Morgan fingerprint density at radius 1 is 1.40 bits per heavy atom. The molecule has 20 heavy (non-hydrogen) atoms. The van der Waals surface area contributed by atoms with Crippen LogP contribution in [0.15, 0.2) is 24.3 Å². The van der Waals surface area contributed by atoms with Crippen LogP contribution in [0.5, 0.6) is 0 Å². The smallest absolute Gasteiger partial charge is 0.0740 e. The van der Waals surface area contributed by atoms with Crippen molar-refractivity contribution in [2.45, 2.75) is 32.4 Å². The quantitative estimate of drug-likeness (QED) is 0.923. The molecule has 2 heterocycles. The lowest BCUT2D eigenvalue weighted by Gasteiger charge is -2.30. The van der Waals surface area contributed by atoms with E-state index in [0.29, 0.717) is 13.1 Å². The number of rotatable bonds is 2. The predicted molar refractivity (Wildman–Crippen MR) is 82.0 cm³/mol. The number of aryl methyl sites for hydroxylation is 1. The van der Waals surface area contributed by atoms with E-state index in [1.807, 2.05) is 25.1 Å². The summed E-state index contributed by atoms with van der Waals surface area (Å²) in [5.41, 5.74) is 2.99. The Balaban J connectivity index is 1.93. The molecule has 0 amide bonds. The summed E-state index contributed by atoms with van der Waals surface area (Å²) in [4.78, 5) is 6.93. The maximum absolute atomic E-state index is 9.76. The molecule has 0 saturated carbocycles. The van der Waals surface area contributed by atoms with Gasteiger partial charge in [0.05, 0.1) is 22.3 Å². The van der Waals surface area contributed by atoms with E-state index in [-0.39, 0.29) is 6.10 Å². The van der Waals surface area contributed by atoms with E-state index in [1.165, 1.54) is 0 Å². The van der Waals surface area contributed by atoms with Crippen LogP contribution in [0.3, 0.4) is 0 Å². The Kier molecular flexibility index (Phi) is 3.92. The molecule has 0 spiro atoms. The second-order valence-electron chi connectivity index (χ2n) is 5.55. The average Bonchev–Trinajstić information content (AvgIpc) is 2.45. The van der Waals surface area contributed by atoms with Gasteiger partial charge >= 0.3 is 0 Å². The normalized spacial score (nSPS) is 20.4. The monoisotopic (exact) mass is 290 g/mol. The van der Waals surface area contributed by atoms with Gasteiger partial charge < -0.3 is 5.11 Å². The summed E-state index contributed by atoms with van der Waals surface area (Å²) >= 11 is 6.48. The molecule has 1 unspecified atom stereocenters. The highest BCUT2D eigenvalue weighted by Gasteiger charge is 2.20. The number of aliphatic hydroxyl groups excluding tert-OH is 1. The van der Waals surface area contributed by atoms with Crippen molar-refractivity contribution in [2.75, 3.05) is 13.1 Å². The van der Waals surface area contributed by atoms with Crippen LogP contribution in [-0.4, -0.2) is 34.2 Å². The van der Waals surface area contributed by atoms with E-state index < -0.39 is 0 Å². The Morgan fingerprint density at radius 3 is 3.00 bits per heavy atom. The largest absolute Gasteiger partial charge is 0.392 e. The molecule has 1 aromatic heterocycles. The van der Waals surface area contributed by atoms with Crippen LogP contribution in [0.25, 0.3) is 10.9 Å². The van der Waals surface area contributed by atoms with Crippen molar-refractivity contribution < 1.29 is 5.11 Å². The van der Waals surface area contributed by atoms with Crippen LogP contribution in [0, 0.1) is 6.92 Å². The molecular weight excluding hydrogens is 272 g/mol. The molecular formula is C16H19ClN2O. The molecule has 2 aromatic rings. The number of benzene rings is 1. The summed E-state index contributed by atoms with van der Waals surface area (Å²) < 4.78 is 0. The first-order chi connectivity index (χ1) is 9.65. The predicted octanol–water partition coefficient (Wildman–Crippen LogP) is 3.15. The topological polar surface area (TPSA) is 36.4 Å². The van der Waals surface area contributed by atoms with Crippen LogP contribution in [0.2, 0.25) is 5.02 Å². The molecule has 4 heteroatoms. The van der Waals surface area contributed by atoms with Crippen LogP contribution < -0.4 is 0 Å². The van der Waals surface area contributed by atoms with Gasteiger partial charge in [-0.2, -0.15) is 0 Å². The van der Waals surface area contributed by atoms with Gasteiger partial charge in [-0.25, -0.2) is 4.98 Å². The number of aliphatic hydroxyl groups is 1. The van der Waals surface area contributed by atoms with Gasteiger partial charge in [-0.1, -0.05) is 29.8 Å². The minimum atomic E-state index is -0.218. The van der Waals surface area contributed by atoms with Crippen LogP contribution in [0.1, 0.15) is 24.1 Å². The van der Waals surface area contributed by atoms with Crippen LogP contribution in [0.4, 0.5) is 0 Å². The van der Waals surface area contributed by atoms with Gasteiger partial charge in [0.25, 0.3) is 0 Å². The van der Waals surface area contributed by atoms with E-state index in [9.17, 15) is 5.11 Å². The van der Waals surface area contributed by atoms with Gasteiger partial charge in [-0.15, -0.1) is 0 Å². The molecule has 3 rings (SSSR count). The van der Waals surface area contributed by atoms with Gasteiger partial charge in [0, 0.05) is 18.5 Å². The summed E-state index contributed by atoms with van der Waals surface area (Å²) in [5, 5.41) is 11.6. The van der Waals surface area contributed by atoms with Gasteiger partial charge in [0.1, 0.15) is 0 Å². The van der Waals surface area contributed by atoms with Gasteiger partial charge in [-0.05, 0) is 37.9 Å². The second-order valence-corrected chi connectivity index (χ2v) is 5.92. The van der Waals surface area contributed by atoms with E-state index in [1.54, 1.807) is 0 Å². The molecule has 1 aliphatic rings. The van der Waals surface area contributed by atoms with E-state index >= 15 is 0 Å². The molecule has 0 radical (unpaired) electrons. The number of halogens is 1. The zero-order valence-electron chi connectivity index (χ0n) is 11.6. The van der Waals surface area contributed by atoms with E-state index in [4.69, 9.17) is 16.6 Å². The number of fused-ring (bicyclic) bond motifs is 1. The Labute approximate surface area is 124 Å². The molecule has 1 saturated heterocycles. The highest BCUT2D eigenvalue weighted by Crippen LogP contribution is 2.28. The molecule has 1 N–H and O–H groups in total. The number of likely N-dealkylation sites (tertiary alicyclic amines) is 1. The highest BCUT2D eigenvalue weighted by molar-refractivity contribution is 6.32. The molecule has 1 aliphatic heterocycles. The van der Waals surface area contributed by atoms with Crippen LogP contribution in [-0.2, 0) is 6.54 Å². The molecule has 1 aromatic carbocycles. The summed E-state index contributed by atoms with van der Waals surface area (Å²) in [5.74, 6) is 0. The number of hydrogen-bond acceptors (Lipinski definition) is 3. The lowest BCUT2D eigenvalue weighted by atomic mass is 10.1. The minimum Gasteiger partial charge on any atom is -0.392 e. The summed E-state index contributed by atoms with van der Waals surface area (Å²) in [6.07, 6.45) is 1.71. The molecule has 106 valence electrons. The Bertz CT molecular complexity index is 629. The summed E-state index contributed by atoms with van der Waals surface area (Å²) in [7, 11) is 0. The molecule has 1 fully saturated rings. The first kappa shape index (κ1) is 13.8. The van der Waals surface area contributed by atoms with Gasteiger partial charge in [0.15, 0.2) is 0 Å². The number of hydrogen-bond donors (Lipinski definition) is 1. The zero-order chi connectivity index (χ0) is 14.1. The lowest BCUT2D eigenvalue weighted by molar-refractivity contribution is 0.0663. The van der Waals surface area contributed by atoms with Crippen molar-refractivity contribution in [3.8, 4) is 0 Å². The third-order valence-corrected chi connectivity index (χ3v) is 4.50. The number of β-amino-alcohol motifs (C(OH)–C–C–N with tert-alkyl or cyclic N) is 1. The number of para-hydroxylation sites is 1. The van der Waals surface area contributed by atoms with Crippen LogP contribution >= 0.6 is 11.6 Å². The van der Waals surface area contributed by atoms with E-state index in [0.717, 1.165) is 46.6 Å². The zero-order valence-corrected chi connectivity index (χ0v) is 12.4. The lowest BCUT2D eigenvalue weighted by Crippen LogP contribution is -2.37. The van der Waals surface area contributed by atoms with E-state index in [2.05, 4.69) is 11.0 Å². The Hall–Kier alpha value is -1.16. The second kappa shape index (κ2) is 5.68. The highest BCUT2D eigenvalue weighted by atomic mass is 35.5. The SMILES string of the molecule is Cc1c(Cl)c(CN2CCCC(O)C2)nc2ccccc12. The molecule has 0 bridgehead atoms. The fourth-order valence-corrected chi connectivity index (χ4v) is 3.11. The maximum Gasteiger partial charge on any atom is 0.0740 e. The Morgan fingerprint density at radius 2 is 2.20 bits per heavy atom. The summed E-state index contributed by atoms with van der Waals surface area (Å²) in [6, 6.07) is 8.08. The van der Waals surface area contributed by atoms with Crippen molar-refractivity contribution in [1.29, 1.82) is 0 Å². The van der Waals surface area contributed by atoms with Crippen molar-refractivity contribution in [3.63, 3.8) is 0 Å². The number of aromatic nitrogens is 1. The number of pyridine rings is 1. The fourth-order valence-electron chi connectivity index (χ4n) is 2.91.